The van der Waals surface area contributed by atoms with E-state index in [1.54, 1.807) is 0 Å². The fraction of sp³-hybridized carbons (Fsp3) is 0.444. The van der Waals surface area contributed by atoms with Gasteiger partial charge in [-0.25, -0.2) is 4.98 Å². The van der Waals surface area contributed by atoms with E-state index < -0.39 is 0 Å². The third-order valence-electron chi connectivity index (χ3n) is 4.37. The molecular weight excluding hydrogens is 336 g/mol. The van der Waals surface area contributed by atoms with Crippen molar-refractivity contribution in [3.8, 4) is 17.0 Å². The molecule has 1 atom stereocenters. The Kier molecular flexibility index (Phi) is 5.13. The second kappa shape index (κ2) is 7.31. The van der Waals surface area contributed by atoms with Gasteiger partial charge in [0.25, 0.3) is 0 Å². The molecular formula is C18H24N4O2S. The van der Waals surface area contributed by atoms with E-state index in [0.29, 0.717) is 18.2 Å². The Hall–Kier alpha value is -2.28. The zero-order valence-electron chi connectivity index (χ0n) is 14.9. The first-order valence-electron chi connectivity index (χ1n) is 8.56. The molecule has 0 saturated heterocycles. The number of benzene rings is 1. The van der Waals surface area contributed by atoms with E-state index in [0.717, 1.165) is 35.8 Å². The van der Waals surface area contributed by atoms with Gasteiger partial charge in [0.15, 0.2) is 5.13 Å². The van der Waals surface area contributed by atoms with Crippen LogP contribution in [0.4, 0.5) is 10.8 Å². The summed E-state index contributed by atoms with van der Waals surface area (Å²) in [6, 6.07) is 5.96. The number of aromatic nitrogens is 1. The molecule has 1 aliphatic rings. The molecule has 1 amide bonds. The van der Waals surface area contributed by atoms with Crippen molar-refractivity contribution in [1.82, 2.24) is 9.88 Å². The van der Waals surface area contributed by atoms with E-state index in [1.807, 2.05) is 49.3 Å². The molecule has 0 radical (unpaired) electrons. The lowest BCUT2D eigenvalue weighted by atomic mass is 10.1. The second-order valence-corrected chi connectivity index (χ2v) is 7.02. The predicted octanol–water partition coefficient (Wildman–Crippen LogP) is 2.85. The second-order valence-electron chi connectivity index (χ2n) is 6.13. The fourth-order valence-corrected chi connectivity index (χ4v) is 3.67. The highest BCUT2D eigenvalue weighted by Gasteiger charge is 2.26. The van der Waals surface area contributed by atoms with Crippen LogP contribution in [0.3, 0.4) is 0 Å². The molecule has 6 nitrogen and oxygen atoms in total. The van der Waals surface area contributed by atoms with Crippen LogP contribution in [0.25, 0.3) is 11.3 Å². The first-order valence-corrected chi connectivity index (χ1v) is 9.44. The fourth-order valence-electron chi connectivity index (χ4n) is 3.10. The average Bonchev–Trinajstić information content (AvgIpc) is 3.02. The minimum atomic E-state index is 0.0396. The monoisotopic (exact) mass is 360 g/mol. The SMILES string of the molecule is CCN(CC)C(=O)CN1CC(C)Oc2ccc(-c3csc(N)n3)cc21. The number of nitrogens with zero attached hydrogens (tertiary/aromatic N) is 3. The average molecular weight is 360 g/mol. The summed E-state index contributed by atoms with van der Waals surface area (Å²) in [5, 5.41) is 2.49. The van der Waals surface area contributed by atoms with Gasteiger partial charge >= 0.3 is 0 Å². The van der Waals surface area contributed by atoms with E-state index in [9.17, 15) is 4.79 Å². The Labute approximate surface area is 152 Å². The van der Waals surface area contributed by atoms with Gasteiger partial charge < -0.3 is 20.3 Å². The lowest BCUT2D eigenvalue weighted by Crippen LogP contribution is -2.45. The van der Waals surface area contributed by atoms with Crippen molar-refractivity contribution >= 4 is 28.1 Å². The predicted molar refractivity (Wildman–Crippen MR) is 102 cm³/mol. The van der Waals surface area contributed by atoms with Crippen molar-refractivity contribution in [2.75, 3.05) is 36.8 Å². The van der Waals surface area contributed by atoms with Crippen LogP contribution in [-0.4, -0.2) is 48.1 Å². The van der Waals surface area contributed by atoms with Crippen LogP contribution in [0, 0.1) is 0 Å². The summed E-state index contributed by atoms with van der Waals surface area (Å²) in [6.45, 7) is 8.51. The van der Waals surface area contributed by atoms with Gasteiger partial charge in [0.05, 0.1) is 24.5 Å². The number of hydrogen-bond donors (Lipinski definition) is 1. The molecule has 3 rings (SSSR count). The Bertz CT molecular complexity index is 757. The number of carbonyl (C=O) groups is 1. The molecule has 2 aromatic rings. The van der Waals surface area contributed by atoms with E-state index in [1.165, 1.54) is 11.3 Å². The van der Waals surface area contributed by atoms with Gasteiger partial charge in [0.1, 0.15) is 11.9 Å². The van der Waals surface area contributed by atoms with Gasteiger partial charge in [-0.05, 0) is 39.0 Å². The molecule has 2 heterocycles. The summed E-state index contributed by atoms with van der Waals surface area (Å²) in [5.41, 5.74) is 8.51. The molecule has 1 aromatic carbocycles. The maximum absolute atomic E-state index is 12.6. The molecule has 0 aliphatic carbocycles. The number of nitrogens with two attached hydrogens (primary N) is 1. The van der Waals surface area contributed by atoms with Crippen LogP contribution < -0.4 is 15.4 Å². The van der Waals surface area contributed by atoms with Crippen molar-refractivity contribution in [3.05, 3.63) is 23.6 Å². The number of nitrogen functional groups attached to an aromatic ring is 1. The largest absolute Gasteiger partial charge is 0.487 e. The number of fused-ring (bicyclic) bond motifs is 1. The molecule has 0 bridgehead atoms. The van der Waals surface area contributed by atoms with E-state index in [2.05, 4.69) is 9.88 Å². The number of carbonyl (C=O) groups excluding carboxylic acids is 1. The molecule has 0 spiro atoms. The van der Waals surface area contributed by atoms with Crippen LogP contribution in [0.5, 0.6) is 5.75 Å². The van der Waals surface area contributed by atoms with Crippen molar-refractivity contribution in [2.24, 2.45) is 0 Å². The Balaban J connectivity index is 1.90. The Morgan fingerprint density at radius 1 is 1.44 bits per heavy atom. The van der Waals surface area contributed by atoms with E-state index in [-0.39, 0.29) is 12.0 Å². The zero-order valence-corrected chi connectivity index (χ0v) is 15.7. The van der Waals surface area contributed by atoms with Gasteiger partial charge in [0.2, 0.25) is 5.91 Å². The lowest BCUT2D eigenvalue weighted by molar-refractivity contribution is -0.129. The third kappa shape index (κ3) is 3.71. The third-order valence-corrected chi connectivity index (χ3v) is 5.04. The van der Waals surface area contributed by atoms with Crippen LogP contribution in [-0.2, 0) is 4.79 Å². The zero-order chi connectivity index (χ0) is 18.0. The van der Waals surface area contributed by atoms with Gasteiger partial charge in [0, 0.05) is 24.0 Å². The highest BCUT2D eigenvalue weighted by molar-refractivity contribution is 7.13. The highest BCUT2D eigenvalue weighted by atomic mass is 32.1. The summed E-state index contributed by atoms with van der Waals surface area (Å²) in [7, 11) is 0. The number of thiazole rings is 1. The number of likely N-dealkylation sites (N-methyl/N-ethyl adjacent to an activating group) is 1. The smallest absolute Gasteiger partial charge is 0.242 e. The minimum absolute atomic E-state index is 0.0396. The standard InChI is InChI=1S/C18H24N4O2S/c1-4-21(5-2)17(23)10-22-9-12(3)24-16-7-6-13(8-15(16)22)14-11-25-18(19)20-14/h6-8,11-12H,4-5,9-10H2,1-3H3,(H2,19,20). The Morgan fingerprint density at radius 2 is 2.20 bits per heavy atom. The summed E-state index contributed by atoms with van der Waals surface area (Å²) < 4.78 is 5.94. The molecule has 0 saturated carbocycles. The molecule has 1 aliphatic heterocycles. The van der Waals surface area contributed by atoms with Crippen LogP contribution in [0.1, 0.15) is 20.8 Å². The van der Waals surface area contributed by atoms with Crippen LogP contribution >= 0.6 is 11.3 Å². The van der Waals surface area contributed by atoms with Crippen LogP contribution in [0.2, 0.25) is 0 Å². The molecule has 25 heavy (non-hydrogen) atoms. The first kappa shape index (κ1) is 17.5. The first-order chi connectivity index (χ1) is 12.0. The molecule has 1 aromatic heterocycles. The number of amides is 1. The maximum atomic E-state index is 12.6. The molecule has 134 valence electrons. The van der Waals surface area contributed by atoms with Gasteiger partial charge in [-0.15, -0.1) is 11.3 Å². The minimum Gasteiger partial charge on any atom is -0.487 e. The van der Waals surface area contributed by atoms with E-state index >= 15 is 0 Å². The lowest BCUT2D eigenvalue weighted by Gasteiger charge is -2.35. The molecule has 2 N–H and O–H groups in total. The molecule has 1 unspecified atom stereocenters. The van der Waals surface area contributed by atoms with Gasteiger partial charge in [-0.3, -0.25) is 4.79 Å². The highest BCUT2D eigenvalue weighted by Crippen LogP contribution is 2.37. The van der Waals surface area contributed by atoms with Gasteiger partial charge in [-0.2, -0.15) is 0 Å². The van der Waals surface area contributed by atoms with Crippen molar-refractivity contribution in [3.63, 3.8) is 0 Å². The number of hydrogen-bond acceptors (Lipinski definition) is 6. The number of anilines is 2. The Morgan fingerprint density at radius 3 is 2.84 bits per heavy atom. The number of rotatable bonds is 5. The quantitative estimate of drug-likeness (QED) is 0.888. The van der Waals surface area contributed by atoms with E-state index in [4.69, 9.17) is 10.5 Å². The summed E-state index contributed by atoms with van der Waals surface area (Å²) in [4.78, 5) is 20.9. The topological polar surface area (TPSA) is 71.7 Å². The van der Waals surface area contributed by atoms with Crippen molar-refractivity contribution < 1.29 is 9.53 Å². The molecule has 0 fully saturated rings. The van der Waals surface area contributed by atoms with Crippen LogP contribution in [0.15, 0.2) is 23.6 Å². The van der Waals surface area contributed by atoms with Gasteiger partial charge in [-0.1, -0.05) is 0 Å². The van der Waals surface area contributed by atoms with Crippen molar-refractivity contribution in [2.45, 2.75) is 26.9 Å². The molecule has 7 heteroatoms. The summed E-state index contributed by atoms with van der Waals surface area (Å²) in [5.74, 6) is 0.936. The summed E-state index contributed by atoms with van der Waals surface area (Å²) in [6.07, 6.45) is 0.0396. The normalized spacial score (nSPS) is 16.3. The summed E-state index contributed by atoms with van der Waals surface area (Å²) >= 11 is 1.42. The maximum Gasteiger partial charge on any atom is 0.242 e. The van der Waals surface area contributed by atoms with Crippen molar-refractivity contribution in [1.29, 1.82) is 0 Å². The number of ether oxygens (including phenoxy) is 1.